The van der Waals surface area contributed by atoms with Gasteiger partial charge in [-0.3, -0.25) is 19.7 Å². The molecular formula is C21H16N4O4S. The largest absolute Gasteiger partial charge is 0.317 e. The van der Waals surface area contributed by atoms with Gasteiger partial charge in [0.15, 0.2) is 0 Å². The van der Waals surface area contributed by atoms with Gasteiger partial charge in [0.25, 0.3) is 17.5 Å². The zero-order valence-electron chi connectivity index (χ0n) is 15.5. The van der Waals surface area contributed by atoms with E-state index in [1.54, 1.807) is 42.5 Å². The highest BCUT2D eigenvalue weighted by molar-refractivity contribution is 7.10. The van der Waals surface area contributed by atoms with E-state index in [9.17, 15) is 19.7 Å². The van der Waals surface area contributed by atoms with Crippen LogP contribution in [0.2, 0.25) is 0 Å². The number of para-hydroxylation sites is 1. The number of hydrazone groups is 1. The molecule has 3 aromatic rings. The van der Waals surface area contributed by atoms with Gasteiger partial charge in [-0.1, -0.05) is 36.4 Å². The maximum absolute atomic E-state index is 12.6. The Labute approximate surface area is 175 Å². The Morgan fingerprint density at radius 1 is 1.00 bits per heavy atom. The average Bonchev–Trinajstić information content (AvgIpc) is 3.27. The normalized spacial score (nSPS) is 11.3. The summed E-state index contributed by atoms with van der Waals surface area (Å²) in [6.45, 7) is 0. The van der Waals surface area contributed by atoms with E-state index >= 15 is 0 Å². The zero-order chi connectivity index (χ0) is 21.3. The Hall–Kier alpha value is -4.11. The SMILES string of the molecule is O=C(N/N=C\c1ccccc1[N+](=O)[O-])/C(=C/c1cccs1)NC(=O)c1ccccc1. The Bertz CT molecular complexity index is 1110. The van der Waals surface area contributed by atoms with Crippen molar-refractivity contribution in [3.8, 4) is 0 Å². The molecule has 0 bridgehead atoms. The van der Waals surface area contributed by atoms with Crippen molar-refractivity contribution in [3.05, 3.63) is 104 Å². The van der Waals surface area contributed by atoms with E-state index in [2.05, 4.69) is 15.8 Å². The number of benzene rings is 2. The maximum atomic E-state index is 12.6. The fourth-order valence-corrected chi connectivity index (χ4v) is 3.10. The first-order chi connectivity index (χ1) is 14.5. The van der Waals surface area contributed by atoms with Crippen LogP contribution in [0.25, 0.3) is 6.08 Å². The zero-order valence-corrected chi connectivity index (χ0v) is 16.3. The second-order valence-corrected chi connectivity index (χ2v) is 6.89. The molecule has 0 fully saturated rings. The molecule has 2 aromatic carbocycles. The average molecular weight is 420 g/mol. The molecule has 30 heavy (non-hydrogen) atoms. The molecule has 2 amide bonds. The minimum Gasteiger partial charge on any atom is -0.317 e. The van der Waals surface area contributed by atoms with Gasteiger partial charge in [-0.15, -0.1) is 11.3 Å². The number of amides is 2. The van der Waals surface area contributed by atoms with Crippen LogP contribution >= 0.6 is 11.3 Å². The van der Waals surface area contributed by atoms with Crippen LogP contribution in [0.3, 0.4) is 0 Å². The molecule has 0 aliphatic heterocycles. The van der Waals surface area contributed by atoms with Gasteiger partial charge in [0.1, 0.15) is 5.70 Å². The van der Waals surface area contributed by atoms with Crippen molar-refractivity contribution in [2.75, 3.05) is 0 Å². The molecule has 0 saturated heterocycles. The molecule has 150 valence electrons. The van der Waals surface area contributed by atoms with Crippen LogP contribution in [0.4, 0.5) is 5.69 Å². The minimum atomic E-state index is -0.664. The van der Waals surface area contributed by atoms with E-state index < -0.39 is 16.7 Å². The van der Waals surface area contributed by atoms with E-state index in [1.165, 1.54) is 41.8 Å². The number of nitro groups is 1. The summed E-state index contributed by atoms with van der Waals surface area (Å²) in [6, 6.07) is 18.1. The number of carbonyl (C=O) groups is 2. The summed E-state index contributed by atoms with van der Waals surface area (Å²) in [5.74, 6) is -1.11. The molecule has 2 N–H and O–H groups in total. The van der Waals surface area contributed by atoms with Gasteiger partial charge in [0.2, 0.25) is 0 Å². The lowest BCUT2D eigenvalue weighted by Gasteiger charge is -2.08. The molecule has 0 radical (unpaired) electrons. The highest BCUT2D eigenvalue weighted by Crippen LogP contribution is 2.15. The molecule has 1 aromatic heterocycles. The van der Waals surface area contributed by atoms with Crippen molar-refractivity contribution in [3.63, 3.8) is 0 Å². The number of carbonyl (C=O) groups excluding carboxylic acids is 2. The Kier molecular flexibility index (Phi) is 6.80. The second-order valence-electron chi connectivity index (χ2n) is 5.91. The van der Waals surface area contributed by atoms with E-state index in [1.807, 2.05) is 11.4 Å². The summed E-state index contributed by atoms with van der Waals surface area (Å²) in [7, 11) is 0. The monoisotopic (exact) mass is 420 g/mol. The Balaban J connectivity index is 1.78. The maximum Gasteiger partial charge on any atom is 0.287 e. The lowest BCUT2D eigenvalue weighted by atomic mass is 10.2. The summed E-state index contributed by atoms with van der Waals surface area (Å²) in [5, 5.41) is 19.3. The molecule has 8 nitrogen and oxygen atoms in total. The van der Waals surface area contributed by atoms with Crippen molar-refractivity contribution < 1.29 is 14.5 Å². The van der Waals surface area contributed by atoms with Crippen LogP contribution in [-0.4, -0.2) is 23.0 Å². The third-order valence-electron chi connectivity index (χ3n) is 3.86. The van der Waals surface area contributed by atoms with Crippen LogP contribution in [0.1, 0.15) is 20.8 Å². The molecule has 0 saturated carbocycles. The van der Waals surface area contributed by atoms with Crippen LogP contribution in [0.5, 0.6) is 0 Å². The van der Waals surface area contributed by atoms with Gasteiger partial charge in [-0.2, -0.15) is 5.10 Å². The predicted molar refractivity (Wildman–Crippen MR) is 115 cm³/mol. The summed E-state index contributed by atoms with van der Waals surface area (Å²) >= 11 is 1.40. The van der Waals surface area contributed by atoms with Gasteiger partial charge < -0.3 is 5.32 Å². The standard InChI is InChI=1S/C21H16N4O4S/c26-20(15-7-2-1-3-8-15)23-18(13-17-10-6-12-30-17)21(27)24-22-14-16-9-4-5-11-19(16)25(28)29/h1-14H,(H,23,26)(H,24,27)/b18-13-,22-14-. The van der Waals surface area contributed by atoms with Gasteiger partial charge in [0.05, 0.1) is 16.7 Å². The molecule has 3 rings (SSSR count). The first-order valence-electron chi connectivity index (χ1n) is 8.73. The third kappa shape index (κ3) is 5.46. The van der Waals surface area contributed by atoms with Gasteiger partial charge >= 0.3 is 0 Å². The molecule has 0 atom stereocenters. The molecule has 9 heteroatoms. The van der Waals surface area contributed by atoms with E-state index in [-0.39, 0.29) is 16.9 Å². The number of hydrogen-bond donors (Lipinski definition) is 2. The summed E-state index contributed by atoms with van der Waals surface area (Å²) < 4.78 is 0. The Morgan fingerprint density at radius 3 is 2.43 bits per heavy atom. The molecule has 1 heterocycles. The highest BCUT2D eigenvalue weighted by atomic mass is 32.1. The topological polar surface area (TPSA) is 114 Å². The first-order valence-corrected chi connectivity index (χ1v) is 9.61. The number of nitrogens with zero attached hydrogens (tertiary/aromatic N) is 2. The van der Waals surface area contributed by atoms with Crippen LogP contribution < -0.4 is 10.7 Å². The smallest absolute Gasteiger partial charge is 0.287 e. The van der Waals surface area contributed by atoms with Crippen LogP contribution in [-0.2, 0) is 4.79 Å². The third-order valence-corrected chi connectivity index (χ3v) is 4.68. The minimum absolute atomic E-state index is 0.00832. The van der Waals surface area contributed by atoms with Crippen LogP contribution in [0.15, 0.2) is 82.9 Å². The van der Waals surface area contributed by atoms with Crippen molar-refractivity contribution >= 4 is 41.1 Å². The van der Waals surface area contributed by atoms with E-state index in [4.69, 9.17) is 0 Å². The summed E-state index contributed by atoms with van der Waals surface area (Å²) in [4.78, 5) is 36.4. The molecule has 0 aliphatic rings. The first kappa shape index (κ1) is 20.6. The van der Waals surface area contributed by atoms with Crippen molar-refractivity contribution in [1.82, 2.24) is 10.7 Å². The molecule has 0 spiro atoms. The number of nitrogens with one attached hydrogen (secondary N) is 2. The van der Waals surface area contributed by atoms with Crippen molar-refractivity contribution in [1.29, 1.82) is 0 Å². The fourth-order valence-electron chi connectivity index (χ4n) is 2.44. The molecule has 0 aliphatic carbocycles. The molecule has 0 unspecified atom stereocenters. The van der Waals surface area contributed by atoms with Crippen molar-refractivity contribution in [2.45, 2.75) is 0 Å². The van der Waals surface area contributed by atoms with E-state index in [0.717, 1.165) is 4.88 Å². The van der Waals surface area contributed by atoms with Gasteiger partial charge in [0, 0.05) is 16.5 Å². The van der Waals surface area contributed by atoms with Crippen LogP contribution in [0, 0.1) is 10.1 Å². The van der Waals surface area contributed by atoms with Gasteiger partial charge in [-0.05, 0) is 35.7 Å². The van der Waals surface area contributed by atoms with Gasteiger partial charge in [-0.25, -0.2) is 5.43 Å². The fraction of sp³-hybridized carbons (Fsp3) is 0. The lowest BCUT2D eigenvalue weighted by Crippen LogP contribution is -2.32. The number of thiophene rings is 1. The summed E-state index contributed by atoms with van der Waals surface area (Å²) in [6.07, 6.45) is 2.71. The number of nitro benzene ring substituents is 1. The van der Waals surface area contributed by atoms with Crippen molar-refractivity contribution in [2.24, 2.45) is 5.10 Å². The number of hydrogen-bond acceptors (Lipinski definition) is 6. The highest BCUT2D eigenvalue weighted by Gasteiger charge is 2.15. The molecular weight excluding hydrogens is 404 g/mol. The predicted octanol–water partition coefficient (Wildman–Crippen LogP) is 3.58. The summed E-state index contributed by atoms with van der Waals surface area (Å²) in [5.41, 5.74) is 2.78. The lowest BCUT2D eigenvalue weighted by molar-refractivity contribution is -0.385. The van der Waals surface area contributed by atoms with E-state index in [0.29, 0.717) is 5.56 Å². The quantitative estimate of drug-likeness (QED) is 0.263. The number of rotatable bonds is 7. The Morgan fingerprint density at radius 2 is 1.73 bits per heavy atom. The second kappa shape index (κ2) is 9.89.